The molecule has 0 amide bonds. The Morgan fingerprint density at radius 3 is 2.60 bits per heavy atom. The van der Waals surface area contributed by atoms with Crippen LogP contribution in [-0.4, -0.2) is 20.9 Å². The molecular weight excluding hydrogens is 216 g/mol. The van der Waals surface area contributed by atoms with Crippen LogP contribution in [0.5, 0.6) is 0 Å². The number of aryl methyl sites for hydroxylation is 2. The predicted molar refractivity (Wildman–Crippen MR) is 56.1 cm³/mol. The molecule has 0 aliphatic heterocycles. The third-order valence-corrected chi connectivity index (χ3v) is 3.31. The van der Waals surface area contributed by atoms with E-state index in [2.05, 4.69) is 5.10 Å². The van der Waals surface area contributed by atoms with Gasteiger partial charge in [-0.3, -0.25) is 9.48 Å². The SMILES string of the molecule is Cc1nn(C)c(C(C(=O)O)C2CC2)c1Cl. The number of aromatic nitrogens is 2. The summed E-state index contributed by atoms with van der Waals surface area (Å²) in [5.41, 5.74) is 1.34. The second-order valence-corrected chi connectivity index (χ2v) is 4.44. The lowest BCUT2D eigenvalue weighted by Crippen LogP contribution is -2.17. The Morgan fingerprint density at radius 1 is 1.67 bits per heavy atom. The molecule has 1 aromatic heterocycles. The maximum Gasteiger partial charge on any atom is 0.312 e. The minimum Gasteiger partial charge on any atom is -0.481 e. The van der Waals surface area contributed by atoms with Gasteiger partial charge in [-0.05, 0) is 25.7 Å². The summed E-state index contributed by atoms with van der Waals surface area (Å²) in [4.78, 5) is 11.2. The summed E-state index contributed by atoms with van der Waals surface area (Å²) in [6.07, 6.45) is 1.94. The highest BCUT2D eigenvalue weighted by Gasteiger charge is 2.40. The number of nitrogens with zero attached hydrogens (tertiary/aromatic N) is 2. The van der Waals surface area contributed by atoms with Gasteiger partial charge in [0.05, 0.1) is 16.4 Å². The van der Waals surface area contributed by atoms with Crippen molar-refractivity contribution in [1.82, 2.24) is 9.78 Å². The minimum atomic E-state index is -0.803. The summed E-state index contributed by atoms with van der Waals surface area (Å²) in [6, 6.07) is 0. The second-order valence-electron chi connectivity index (χ2n) is 4.06. The van der Waals surface area contributed by atoms with E-state index in [4.69, 9.17) is 11.6 Å². The van der Waals surface area contributed by atoms with Crippen molar-refractivity contribution in [3.05, 3.63) is 16.4 Å². The molecule has 0 bridgehead atoms. The third kappa shape index (κ3) is 1.74. The van der Waals surface area contributed by atoms with Crippen molar-refractivity contribution < 1.29 is 9.90 Å². The molecule has 1 atom stereocenters. The zero-order valence-corrected chi connectivity index (χ0v) is 9.45. The largest absolute Gasteiger partial charge is 0.481 e. The molecule has 1 heterocycles. The molecule has 2 rings (SSSR count). The second kappa shape index (κ2) is 3.52. The highest BCUT2D eigenvalue weighted by Crippen LogP contribution is 2.44. The quantitative estimate of drug-likeness (QED) is 0.861. The van der Waals surface area contributed by atoms with Crippen molar-refractivity contribution in [1.29, 1.82) is 0 Å². The Balaban J connectivity index is 2.45. The zero-order valence-electron chi connectivity index (χ0n) is 8.70. The normalized spacial score (nSPS) is 17.8. The van der Waals surface area contributed by atoms with Crippen molar-refractivity contribution in [3.8, 4) is 0 Å². The number of rotatable bonds is 3. The number of carboxylic acids is 1. The summed E-state index contributed by atoms with van der Waals surface area (Å²) in [6.45, 7) is 1.79. The molecule has 1 unspecified atom stereocenters. The average Bonchev–Trinajstić information content (AvgIpc) is 2.91. The van der Waals surface area contributed by atoms with Crippen LogP contribution in [0.4, 0.5) is 0 Å². The lowest BCUT2D eigenvalue weighted by molar-refractivity contribution is -0.139. The van der Waals surface area contributed by atoms with Crippen molar-refractivity contribution in [2.45, 2.75) is 25.7 Å². The Hall–Kier alpha value is -1.03. The van der Waals surface area contributed by atoms with E-state index in [0.717, 1.165) is 12.8 Å². The summed E-state index contributed by atoms with van der Waals surface area (Å²) in [7, 11) is 1.74. The first-order valence-electron chi connectivity index (χ1n) is 4.94. The van der Waals surface area contributed by atoms with E-state index in [0.29, 0.717) is 16.4 Å². The van der Waals surface area contributed by atoms with Crippen LogP contribution in [0.25, 0.3) is 0 Å². The van der Waals surface area contributed by atoms with Crippen LogP contribution in [0.2, 0.25) is 5.02 Å². The van der Waals surface area contributed by atoms with E-state index in [-0.39, 0.29) is 5.92 Å². The number of carboxylic acid groups (broad SMARTS) is 1. The third-order valence-electron chi connectivity index (χ3n) is 2.85. The van der Waals surface area contributed by atoms with Gasteiger partial charge in [-0.2, -0.15) is 5.10 Å². The molecule has 1 aliphatic carbocycles. The van der Waals surface area contributed by atoms with Crippen LogP contribution < -0.4 is 0 Å². The molecule has 4 nitrogen and oxygen atoms in total. The maximum absolute atomic E-state index is 11.2. The summed E-state index contributed by atoms with van der Waals surface area (Å²) in [5, 5.41) is 13.8. The van der Waals surface area contributed by atoms with E-state index in [1.165, 1.54) is 0 Å². The predicted octanol–water partition coefficient (Wildman–Crippen LogP) is 1.96. The molecule has 82 valence electrons. The van der Waals surface area contributed by atoms with Crippen LogP contribution >= 0.6 is 11.6 Å². The Labute approximate surface area is 92.8 Å². The molecule has 1 N–H and O–H groups in total. The molecule has 1 fully saturated rings. The molecule has 1 saturated carbocycles. The summed E-state index contributed by atoms with van der Waals surface area (Å²) >= 11 is 6.08. The van der Waals surface area contributed by atoms with E-state index >= 15 is 0 Å². The van der Waals surface area contributed by atoms with Crippen LogP contribution in [0, 0.1) is 12.8 Å². The molecule has 5 heteroatoms. The fourth-order valence-corrected chi connectivity index (χ4v) is 2.24. The van der Waals surface area contributed by atoms with Crippen LogP contribution in [0.3, 0.4) is 0 Å². The highest BCUT2D eigenvalue weighted by molar-refractivity contribution is 6.32. The van der Waals surface area contributed by atoms with E-state index in [9.17, 15) is 9.90 Å². The summed E-state index contributed by atoms with van der Waals surface area (Å²) < 4.78 is 1.59. The zero-order chi connectivity index (χ0) is 11.2. The van der Waals surface area contributed by atoms with Crippen molar-refractivity contribution in [2.24, 2.45) is 13.0 Å². The van der Waals surface area contributed by atoms with Gasteiger partial charge in [0.25, 0.3) is 0 Å². The molecule has 0 aromatic carbocycles. The average molecular weight is 229 g/mol. The monoisotopic (exact) mass is 228 g/mol. The van der Waals surface area contributed by atoms with E-state index < -0.39 is 11.9 Å². The lowest BCUT2D eigenvalue weighted by atomic mass is 9.99. The number of hydrogen-bond donors (Lipinski definition) is 1. The molecule has 0 saturated heterocycles. The minimum absolute atomic E-state index is 0.231. The van der Waals surface area contributed by atoms with Crippen molar-refractivity contribution in [2.75, 3.05) is 0 Å². The van der Waals surface area contributed by atoms with Gasteiger partial charge in [-0.25, -0.2) is 0 Å². The number of carbonyl (C=O) groups is 1. The fourth-order valence-electron chi connectivity index (χ4n) is 1.96. The molecule has 1 aliphatic rings. The standard InChI is InChI=1S/C10H13ClN2O2/c1-5-8(11)9(13(2)12-5)7(10(14)15)6-3-4-6/h6-7H,3-4H2,1-2H3,(H,14,15). The van der Waals surface area contributed by atoms with Crippen LogP contribution in [0.1, 0.15) is 30.1 Å². The van der Waals surface area contributed by atoms with Crippen LogP contribution in [0.15, 0.2) is 0 Å². The first-order valence-corrected chi connectivity index (χ1v) is 5.32. The summed E-state index contributed by atoms with van der Waals surface area (Å²) in [5.74, 6) is -1.07. The maximum atomic E-state index is 11.2. The molecule has 1 aromatic rings. The highest BCUT2D eigenvalue weighted by atomic mass is 35.5. The Bertz CT molecular complexity index is 410. The first-order chi connectivity index (χ1) is 7.02. The van der Waals surface area contributed by atoms with Gasteiger partial charge >= 0.3 is 5.97 Å². The topological polar surface area (TPSA) is 55.1 Å². The van der Waals surface area contributed by atoms with Gasteiger partial charge in [0, 0.05) is 7.05 Å². The first kappa shape index (κ1) is 10.5. The molecule has 0 radical (unpaired) electrons. The number of halogens is 1. The van der Waals surface area contributed by atoms with Gasteiger partial charge in [0.15, 0.2) is 0 Å². The van der Waals surface area contributed by atoms with Gasteiger partial charge in [0.2, 0.25) is 0 Å². The van der Waals surface area contributed by atoms with E-state index in [1.54, 1.807) is 18.7 Å². The van der Waals surface area contributed by atoms with E-state index in [1.807, 2.05) is 0 Å². The Kier molecular flexibility index (Phi) is 2.46. The van der Waals surface area contributed by atoms with Gasteiger partial charge in [-0.1, -0.05) is 11.6 Å². The molecule has 0 spiro atoms. The molecule has 15 heavy (non-hydrogen) atoms. The van der Waals surface area contributed by atoms with Crippen molar-refractivity contribution >= 4 is 17.6 Å². The lowest BCUT2D eigenvalue weighted by Gasteiger charge is -2.11. The number of aliphatic carboxylic acids is 1. The van der Waals surface area contributed by atoms with Crippen molar-refractivity contribution in [3.63, 3.8) is 0 Å². The Morgan fingerprint density at radius 2 is 2.27 bits per heavy atom. The number of hydrogen-bond acceptors (Lipinski definition) is 2. The van der Waals surface area contributed by atoms with Gasteiger partial charge in [0.1, 0.15) is 5.92 Å². The van der Waals surface area contributed by atoms with Crippen LogP contribution in [-0.2, 0) is 11.8 Å². The van der Waals surface area contributed by atoms with Gasteiger partial charge in [-0.15, -0.1) is 0 Å². The molecular formula is C10H13ClN2O2. The fraction of sp³-hybridized carbons (Fsp3) is 0.600. The smallest absolute Gasteiger partial charge is 0.312 e. The van der Waals surface area contributed by atoms with Gasteiger partial charge < -0.3 is 5.11 Å².